The molecule has 9 heteroatoms. The van der Waals surface area contributed by atoms with Crippen molar-refractivity contribution in [1.82, 2.24) is 19.7 Å². The number of hydrogen-bond acceptors (Lipinski definition) is 6. The van der Waals surface area contributed by atoms with E-state index in [2.05, 4.69) is 25.7 Å². The van der Waals surface area contributed by atoms with Crippen LogP contribution in [0.4, 0.5) is 11.4 Å². The molecule has 2 N–H and O–H groups in total. The van der Waals surface area contributed by atoms with E-state index in [0.29, 0.717) is 28.4 Å². The second-order valence-electron chi connectivity index (χ2n) is 10.4. The Morgan fingerprint density at radius 2 is 1.86 bits per heavy atom. The van der Waals surface area contributed by atoms with Crippen LogP contribution in [0, 0.1) is 12.8 Å². The molecule has 37 heavy (non-hydrogen) atoms. The number of rotatable bonds is 7. The van der Waals surface area contributed by atoms with Gasteiger partial charge in [0.1, 0.15) is 12.1 Å². The highest BCUT2D eigenvalue weighted by molar-refractivity contribution is 5.97. The van der Waals surface area contributed by atoms with Gasteiger partial charge in [0, 0.05) is 17.8 Å². The first-order chi connectivity index (χ1) is 17.7. The van der Waals surface area contributed by atoms with Gasteiger partial charge in [-0.05, 0) is 75.9 Å². The van der Waals surface area contributed by atoms with Crippen molar-refractivity contribution in [3.63, 3.8) is 0 Å². The molecule has 1 aliphatic rings. The second kappa shape index (κ2) is 9.65. The predicted molar refractivity (Wildman–Crippen MR) is 142 cm³/mol. The van der Waals surface area contributed by atoms with E-state index < -0.39 is 0 Å². The standard InChI is InChI=1S/C28H30N6O3/c1-17-11-18(12-25(35)32-21-14-31-34(15-21)28(2,3)4)5-10-24(17)37-27-22-13-20(33-26(36)19-6-7-19)8-9-23(22)29-16-30-27/h5,8-11,13-16,19H,6-7,12H2,1-4H3,(H,32,35)(H,33,36). The summed E-state index contributed by atoms with van der Waals surface area (Å²) >= 11 is 0. The van der Waals surface area contributed by atoms with Crippen LogP contribution in [0.3, 0.4) is 0 Å². The quantitative estimate of drug-likeness (QED) is 0.362. The Kier molecular flexibility index (Phi) is 6.37. The summed E-state index contributed by atoms with van der Waals surface area (Å²) in [5.41, 5.74) is 3.65. The van der Waals surface area contributed by atoms with Crippen molar-refractivity contribution < 1.29 is 14.3 Å². The maximum atomic E-state index is 12.6. The molecular weight excluding hydrogens is 468 g/mol. The maximum absolute atomic E-state index is 12.6. The Morgan fingerprint density at radius 3 is 2.57 bits per heavy atom. The zero-order valence-corrected chi connectivity index (χ0v) is 21.4. The first kappa shape index (κ1) is 24.4. The predicted octanol–water partition coefficient (Wildman–Crippen LogP) is 5.21. The molecular formula is C28H30N6O3. The first-order valence-electron chi connectivity index (χ1n) is 12.3. The van der Waals surface area contributed by atoms with Gasteiger partial charge in [0.2, 0.25) is 17.7 Å². The molecule has 0 atom stereocenters. The molecule has 0 unspecified atom stereocenters. The molecule has 2 aromatic carbocycles. The number of nitrogens with one attached hydrogen (secondary N) is 2. The van der Waals surface area contributed by atoms with E-state index in [1.54, 1.807) is 6.20 Å². The molecule has 5 rings (SSSR count). The van der Waals surface area contributed by atoms with E-state index in [-0.39, 0.29) is 29.7 Å². The summed E-state index contributed by atoms with van der Waals surface area (Å²) in [5, 5.41) is 10.9. The molecule has 2 amide bonds. The Morgan fingerprint density at radius 1 is 1.05 bits per heavy atom. The van der Waals surface area contributed by atoms with Gasteiger partial charge in [0.05, 0.1) is 34.7 Å². The van der Waals surface area contributed by atoms with E-state index in [1.807, 2.05) is 75.0 Å². The highest BCUT2D eigenvalue weighted by Gasteiger charge is 2.29. The Labute approximate surface area is 215 Å². The van der Waals surface area contributed by atoms with Crippen LogP contribution in [0.1, 0.15) is 44.7 Å². The smallest absolute Gasteiger partial charge is 0.230 e. The highest BCUT2D eigenvalue weighted by Crippen LogP contribution is 2.33. The van der Waals surface area contributed by atoms with Crippen LogP contribution in [0.5, 0.6) is 11.6 Å². The Bertz CT molecular complexity index is 1480. The molecule has 2 aromatic heterocycles. The number of aromatic nitrogens is 4. The van der Waals surface area contributed by atoms with Crippen LogP contribution in [0.15, 0.2) is 55.1 Å². The van der Waals surface area contributed by atoms with Gasteiger partial charge in [-0.1, -0.05) is 12.1 Å². The van der Waals surface area contributed by atoms with Gasteiger partial charge in [0.25, 0.3) is 0 Å². The second-order valence-corrected chi connectivity index (χ2v) is 10.4. The summed E-state index contributed by atoms with van der Waals surface area (Å²) in [7, 11) is 0. The van der Waals surface area contributed by atoms with Gasteiger partial charge in [-0.3, -0.25) is 14.3 Å². The number of benzene rings is 2. The van der Waals surface area contributed by atoms with Crippen LogP contribution >= 0.6 is 0 Å². The van der Waals surface area contributed by atoms with Gasteiger partial charge in [0.15, 0.2) is 0 Å². The molecule has 0 spiro atoms. The summed E-state index contributed by atoms with van der Waals surface area (Å²) in [5.74, 6) is 1.06. The van der Waals surface area contributed by atoms with Crippen LogP contribution in [0.25, 0.3) is 10.9 Å². The lowest BCUT2D eigenvalue weighted by atomic mass is 10.1. The number of hydrogen-bond donors (Lipinski definition) is 2. The molecule has 0 radical (unpaired) electrons. The van der Waals surface area contributed by atoms with Crippen molar-refractivity contribution in [3.8, 4) is 11.6 Å². The van der Waals surface area contributed by atoms with Crippen molar-refractivity contribution in [2.24, 2.45) is 5.92 Å². The third kappa shape index (κ3) is 5.77. The average Bonchev–Trinajstić information content (AvgIpc) is 3.59. The molecule has 1 fully saturated rings. The minimum atomic E-state index is -0.156. The largest absolute Gasteiger partial charge is 0.438 e. The molecule has 1 aliphatic carbocycles. The number of carbonyl (C=O) groups is 2. The number of aryl methyl sites for hydroxylation is 1. The normalized spacial score (nSPS) is 13.4. The van der Waals surface area contributed by atoms with E-state index in [4.69, 9.17) is 4.74 Å². The maximum Gasteiger partial charge on any atom is 0.230 e. The average molecular weight is 499 g/mol. The zero-order valence-electron chi connectivity index (χ0n) is 21.4. The van der Waals surface area contributed by atoms with E-state index >= 15 is 0 Å². The van der Waals surface area contributed by atoms with Crippen molar-refractivity contribution in [2.75, 3.05) is 10.6 Å². The molecule has 1 saturated carbocycles. The molecule has 0 bridgehead atoms. The third-order valence-corrected chi connectivity index (χ3v) is 6.18. The van der Waals surface area contributed by atoms with Crippen LogP contribution in [-0.2, 0) is 21.5 Å². The highest BCUT2D eigenvalue weighted by atomic mass is 16.5. The topological polar surface area (TPSA) is 111 Å². The van der Waals surface area contributed by atoms with Crippen molar-refractivity contribution in [1.29, 1.82) is 0 Å². The lowest BCUT2D eigenvalue weighted by Gasteiger charge is -2.18. The summed E-state index contributed by atoms with van der Waals surface area (Å²) in [4.78, 5) is 33.4. The van der Waals surface area contributed by atoms with Gasteiger partial charge in [-0.2, -0.15) is 5.10 Å². The summed E-state index contributed by atoms with van der Waals surface area (Å²) in [6.07, 6.45) is 7.04. The number of amides is 2. The van der Waals surface area contributed by atoms with E-state index in [0.717, 1.165) is 29.5 Å². The Hall–Kier alpha value is -4.27. The molecule has 190 valence electrons. The molecule has 2 heterocycles. The van der Waals surface area contributed by atoms with Crippen molar-refractivity contribution in [3.05, 3.63) is 66.2 Å². The fraction of sp³-hybridized carbons (Fsp3) is 0.321. The monoisotopic (exact) mass is 498 g/mol. The number of anilines is 2. The summed E-state index contributed by atoms with van der Waals surface area (Å²) < 4.78 is 7.98. The molecule has 9 nitrogen and oxygen atoms in total. The molecule has 0 saturated heterocycles. The van der Waals surface area contributed by atoms with Crippen LogP contribution in [0.2, 0.25) is 0 Å². The Balaban J connectivity index is 1.28. The zero-order chi connectivity index (χ0) is 26.2. The van der Waals surface area contributed by atoms with Gasteiger partial charge in [-0.25, -0.2) is 9.97 Å². The number of ether oxygens (including phenoxy) is 1. The van der Waals surface area contributed by atoms with Gasteiger partial charge in [-0.15, -0.1) is 0 Å². The summed E-state index contributed by atoms with van der Waals surface area (Å²) in [6.45, 7) is 8.07. The summed E-state index contributed by atoms with van der Waals surface area (Å²) in [6, 6.07) is 11.1. The van der Waals surface area contributed by atoms with Crippen molar-refractivity contribution in [2.45, 2.75) is 52.5 Å². The van der Waals surface area contributed by atoms with E-state index in [9.17, 15) is 9.59 Å². The van der Waals surface area contributed by atoms with Crippen molar-refractivity contribution >= 4 is 34.1 Å². The minimum Gasteiger partial charge on any atom is -0.438 e. The third-order valence-electron chi connectivity index (χ3n) is 6.18. The van der Waals surface area contributed by atoms with E-state index in [1.165, 1.54) is 6.33 Å². The fourth-order valence-electron chi connectivity index (χ4n) is 3.97. The SMILES string of the molecule is Cc1cc(CC(=O)Nc2cnn(C(C)(C)C)c2)ccc1Oc1ncnc2ccc(NC(=O)C3CC3)cc12. The van der Waals surface area contributed by atoms with Crippen LogP contribution in [-0.4, -0.2) is 31.6 Å². The van der Waals surface area contributed by atoms with Gasteiger partial charge >= 0.3 is 0 Å². The van der Waals surface area contributed by atoms with Crippen LogP contribution < -0.4 is 15.4 Å². The fourth-order valence-corrected chi connectivity index (χ4v) is 3.97. The minimum absolute atomic E-state index is 0.0390. The lowest BCUT2D eigenvalue weighted by molar-refractivity contribution is -0.117. The van der Waals surface area contributed by atoms with Gasteiger partial charge < -0.3 is 15.4 Å². The number of fused-ring (bicyclic) bond motifs is 1. The first-order valence-corrected chi connectivity index (χ1v) is 12.3. The number of carbonyl (C=O) groups excluding carboxylic acids is 2. The number of nitrogens with zero attached hydrogens (tertiary/aromatic N) is 4. The molecule has 0 aliphatic heterocycles. The molecule has 4 aromatic rings. The lowest BCUT2D eigenvalue weighted by Crippen LogP contribution is -2.22.